The molecule has 3 N–H and O–H groups in total. The molecular formula is C26H33GdN4O9Y3. The van der Waals surface area contributed by atoms with Gasteiger partial charge in [-0.15, -0.1) is 0 Å². The summed E-state index contributed by atoms with van der Waals surface area (Å²) in [5.41, 5.74) is 1.03. The van der Waals surface area contributed by atoms with Gasteiger partial charge in [-0.05, 0) is 12.1 Å². The summed E-state index contributed by atoms with van der Waals surface area (Å²) in [6, 6.07) is 1.91. The Balaban J connectivity index is -0.00000400. The number of aromatic nitrogens is 1. The van der Waals surface area contributed by atoms with Crippen molar-refractivity contribution in [2.24, 2.45) is 0 Å². The molecule has 3 atom stereocenters. The maximum Gasteiger partial charge on any atom is 3.00 e. The Morgan fingerprint density at radius 1 is 0.651 bits per heavy atom. The number of hydrogen-bond acceptors (Lipinski definition) is 10. The zero-order chi connectivity index (χ0) is 28.8. The van der Waals surface area contributed by atoms with Crippen LogP contribution in [-0.4, -0.2) is 116 Å². The van der Waals surface area contributed by atoms with Gasteiger partial charge in [0.1, 0.15) is 18.1 Å². The van der Waals surface area contributed by atoms with Crippen molar-refractivity contribution in [2.75, 3.05) is 26.2 Å². The van der Waals surface area contributed by atoms with Gasteiger partial charge >= 0.3 is 57.8 Å². The molecule has 0 fully saturated rings. The number of nitrogens with zero attached hydrogens (tertiary/aromatic N) is 4. The zero-order valence-corrected chi connectivity index (χ0v) is 34.4. The second-order valence-electron chi connectivity index (χ2n) is 9.21. The second kappa shape index (κ2) is 27.1. The molecule has 0 amide bonds. The number of carbonyl (C=O) groups excluding carboxylic acids is 3. The van der Waals surface area contributed by atoms with Crippen molar-refractivity contribution in [3.8, 4) is 0 Å². The number of rotatable bonds is 15. The summed E-state index contributed by atoms with van der Waals surface area (Å²) in [6.07, 6.45) is 4.77. The molecule has 0 aliphatic carbocycles. The molecule has 2 bridgehead atoms. The quantitative estimate of drug-likeness (QED) is 0.200. The Kier molecular flexibility index (Phi) is 30.5. The summed E-state index contributed by atoms with van der Waals surface area (Å²) in [4.78, 5) is 78.4. The summed E-state index contributed by atoms with van der Waals surface area (Å²) >= 11 is 0. The van der Waals surface area contributed by atoms with Gasteiger partial charge in [-0.1, -0.05) is 25.3 Å². The normalized spacial score (nSPS) is 16.4. The van der Waals surface area contributed by atoms with Gasteiger partial charge in [0.15, 0.2) is 0 Å². The molecule has 43 heavy (non-hydrogen) atoms. The largest absolute Gasteiger partial charge is 3.00 e. The first-order valence-electron chi connectivity index (χ1n) is 12.6. The number of fused-ring (bicyclic) bond motifs is 2. The average Bonchev–Trinajstić information content (AvgIpc) is 2.88. The first-order valence-corrected chi connectivity index (χ1v) is 12.6. The summed E-state index contributed by atoms with van der Waals surface area (Å²) in [5, 5.41) is 29.7. The van der Waals surface area contributed by atoms with Crippen LogP contribution in [0.25, 0.3) is 0 Å². The Morgan fingerprint density at radius 3 is 1.26 bits per heavy atom. The molecule has 1 aromatic heterocycles. The second-order valence-corrected chi connectivity index (χ2v) is 9.21. The minimum absolute atomic E-state index is 0. The molecule has 13 nitrogen and oxygen atoms in total. The van der Waals surface area contributed by atoms with Gasteiger partial charge in [0.05, 0.1) is 11.4 Å². The molecule has 4 radical (unpaired) electrons. The van der Waals surface area contributed by atoms with Crippen LogP contribution in [-0.2, 0) is 140 Å². The van der Waals surface area contributed by atoms with E-state index in [4.69, 9.17) is 0 Å². The summed E-state index contributed by atoms with van der Waals surface area (Å²) in [5.74, 6) is -3.47. The number of aliphatic carboxylic acids is 3. The average molecular weight is 970 g/mol. The minimum Gasteiger partial charge on any atom is -0.542 e. The van der Waals surface area contributed by atoms with Crippen LogP contribution in [0.1, 0.15) is 49.9 Å². The van der Waals surface area contributed by atoms with Crippen molar-refractivity contribution in [1.29, 1.82) is 0 Å². The van der Waals surface area contributed by atoms with Crippen molar-refractivity contribution >= 4 is 36.8 Å². The fraction of sp³-hybridized carbons (Fsp3) is 0.577. The monoisotopic (exact) mass is 970 g/mol. The first-order chi connectivity index (χ1) is 18.7. The molecule has 3 unspecified atom stereocenters. The van der Waals surface area contributed by atoms with E-state index in [0.717, 1.165) is 0 Å². The summed E-state index contributed by atoms with van der Waals surface area (Å²) < 4.78 is 0. The molecule has 0 saturated carbocycles. The molecule has 228 valence electrons. The Morgan fingerprint density at radius 2 is 0.953 bits per heavy atom. The molecule has 0 spiro atoms. The molecule has 2 rings (SSSR count). The van der Waals surface area contributed by atoms with Crippen molar-refractivity contribution in [3.05, 3.63) is 29.6 Å². The third kappa shape index (κ3) is 17.2. The first kappa shape index (κ1) is 48.5. The van der Waals surface area contributed by atoms with Crippen LogP contribution >= 0.6 is 0 Å². The molecule has 17 heteroatoms. The third-order valence-electron chi connectivity index (χ3n) is 6.68. The standard InChI is InChI=1S/C26H33N4O9.Gd.3Y/c31-14-2-7-21(24(34)35)28-10-12-29(22(25(36)37)8-3-15-32)17-19-5-1-6-20(27-19)18-30(13-11-28)23(26(38)39)9-4-16-33;;;;/h1,5-6,21-23H,2-4,7-13,17-18H2,(H,34,35)(H,36,37)(H,38,39);;;;/q-3;+3;;;. The third-order valence-corrected chi connectivity index (χ3v) is 6.68. The van der Waals surface area contributed by atoms with Crippen LogP contribution in [0, 0.1) is 39.9 Å². The summed E-state index contributed by atoms with van der Waals surface area (Å²) in [6.45, 7) is 0.521. The maximum absolute atomic E-state index is 12.2. The fourth-order valence-electron chi connectivity index (χ4n) is 4.72. The van der Waals surface area contributed by atoms with Gasteiger partial charge in [-0.3, -0.25) is 52.9 Å². The Hall–Kier alpha value is 1.09. The van der Waals surface area contributed by atoms with Gasteiger partial charge < -0.3 is 29.7 Å². The van der Waals surface area contributed by atoms with Crippen LogP contribution in [0.3, 0.4) is 0 Å². The minimum atomic E-state index is -1.18. The van der Waals surface area contributed by atoms with Crippen LogP contribution in [0.5, 0.6) is 0 Å². The van der Waals surface area contributed by atoms with E-state index in [1.54, 1.807) is 51.8 Å². The van der Waals surface area contributed by atoms with Crippen LogP contribution in [0.4, 0.5) is 0 Å². The molecular weight excluding hydrogens is 936 g/mol. The smallest absolute Gasteiger partial charge is 0.542 e. The molecule has 1 aliphatic heterocycles. The van der Waals surface area contributed by atoms with E-state index in [2.05, 4.69) is 4.98 Å². The van der Waals surface area contributed by atoms with Crippen molar-refractivity contribution in [1.82, 2.24) is 19.7 Å². The van der Waals surface area contributed by atoms with E-state index in [-0.39, 0.29) is 216 Å². The number of carboxylic acids is 3. The molecule has 0 saturated heterocycles. The van der Waals surface area contributed by atoms with E-state index in [1.165, 1.54) is 0 Å². The van der Waals surface area contributed by atoms with Crippen LogP contribution in [0.2, 0.25) is 0 Å². The van der Waals surface area contributed by atoms with Gasteiger partial charge in [0.2, 0.25) is 0 Å². The van der Waals surface area contributed by atoms with Gasteiger partial charge in [-0.2, -0.15) is 19.3 Å². The Labute approximate surface area is 358 Å². The number of hydrogen-bond donors (Lipinski definition) is 3. The fourth-order valence-corrected chi connectivity index (χ4v) is 4.72. The molecule has 2 heterocycles. The van der Waals surface area contributed by atoms with E-state index in [0.29, 0.717) is 11.4 Å². The predicted molar refractivity (Wildman–Crippen MR) is 136 cm³/mol. The van der Waals surface area contributed by atoms with E-state index < -0.39 is 36.0 Å². The zero-order valence-electron chi connectivity index (χ0n) is 23.6. The Bertz CT molecular complexity index is 969. The number of pyridine rings is 1. The van der Waals surface area contributed by atoms with Gasteiger partial charge in [-0.25, -0.2) is 0 Å². The molecule has 0 aromatic carbocycles. The van der Waals surface area contributed by atoms with Crippen molar-refractivity contribution < 1.29 is 182 Å². The molecule has 1 aromatic rings. The van der Waals surface area contributed by atoms with Crippen molar-refractivity contribution in [2.45, 2.75) is 69.7 Å². The number of carboxylic acid groups (broad SMARTS) is 3. The maximum atomic E-state index is 12.2. The SMILES string of the molecule is O=[C-]CCC(C(=O)O)N1CCN(C(CC[C-]=O)C(=O)O)Cc2cccc(n2)CN(C(CC[C-]=O)C(=O)O)CC1.[Gd+3].[Y].[Y].[Y]. The summed E-state index contributed by atoms with van der Waals surface area (Å²) in [7, 11) is 0. The van der Waals surface area contributed by atoms with E-state index in [1.807, 2.05) is 0 Å². The van der Waals surface area contributed by atoms with E-state index >= 15 is 0 Å². The van der Waals surface area contributed by atoms with Crippen LogP contribution < -0.4 is 0 Å². The topological polar surface area (TPSA) is 186 Å². The molecule has 1 aliphatic rings. The van der Waals surface area contributed by atoms with E-state index in [9.17, 15) is 44.1 Å². The number of carbonyl (C=O) groups is 3. The van der Waals surface area contributed by atoms with Gasteiger partial charge in [0, 0.05) is 137 Å². The van der Waals surface area contributed by atoms with Crippen LogP contribution in [0.15, 0.2) is 18.2 Å². The predicted octanol–water partition coefficient (Wildman–Crippen LogP) is 0.0230. The van der Waals surface area contributed by atoms with Gasteiger partial charge in [0.25, 0.3) is 0 Å². The van der Waals surface area contributed by atoms with Crippen molar-refractivity contribution in [3.63, 3.8) is 0 Å².